The van der Waals surface area contributed by atoms with E-state index in [1.165, 1.54) is 6.07 Å². The van der Waals surface area contributed by atoms with Gasteiger partial charge in [-0.3, -0.25) is 0 Å². The van der Waals surface area contributed by atoms with Crippen LogP contribution in [0.25, 0.3) is 10.8 Å². The monoisotopic (exact) mass is 475 g/mol. The smallest absolute Gasteiger partial charge is 0.152 e. The van der Waals surface area contributed by atoms with Crippen LogP contribution in [-0.4, -0.2) is 5.11 Å². The molecule has 0 bridgehead atoms. The van der Waals surface area contributed by atoms with Crippen molar-refractivity contribution < 1.29 is 14.2 Å². The number of halogens is 4. The van der Waals surface area contributed by atoms with Gasteiger partial charge in [-0.2, -0.15) is 0 Å². The van der Waals surface area contributed by atoms with E-state index in [-0.39, 0.29) is 22.4 Å². The zero-order chi connectivity index (χ0) is 22.0. The average molecular weight is 477 g/mol. The van der Waals surface area contributed by atoms with Crippen molar-refractivity contribution in [2.75, 3.05) is 5.32 Å². The number of ether oxygens (including phenoxy) is 1. The van der Waals surface area contributed by atoms with E-state index in [9.17, 15) is 9.50 Å². The van der Waals surface area contributed by atoms with Gasteiger partial charge in [-0.05, 0) is 41.1 Å². The Kier molecular flexibility index (Phi) is 6.42. The summed E-state index contributed by atoms with van der Waals surface area (Å²) >= 11 is 18.2. The van der Waals surface area contributed by atoms with Gasteiger partial charge < -0.3 is 15.2 Å². The highest BCUT2D eigenvalue weighted by atomic mass is 35.5. The van der Waals surface area contributed by atoms with E-state index >= 15 is 0 Å². The molecule has 4 aromatic carbocycles. The molecule has 0 fully saturated rings. The minimum absolute atomic E-state index is 0.00624. The van der Waals surface area contributed by atoms with Gasteiger partial charge in [0.25, 0.3) is 0 Å². The molecule has 158 valence electrons. The van der Waals surface area contributed by atoms with Crippen molar-refractivity contribution in [3.05, 3.63) is 98.7 Å². The first-order valence-corrected chi connectivity index (χ1v) is 10.6. The van der Waals surface area contributed by atoms with Gasteiger partial charge in [0.15, 0.2) is 5.75 Å². The van der Waals surface area contributed by atoms with Gasteiger partial charge in [0.2, 0.25) is 0 Å². The van der Waals surface area contributed by atoms with Gasteiger partial charge in [0.1, 0.15) is 18.2 Å². The summed E-state index contributed by atoms with van der Waals surface area (Å²) in [5.41, 5.74) is 1.82. The van der Waals surface area contributed by atoms with Crippen LogP contribution in [0.2, 0.25) is 15.1 Å². The summed E-state index contributed by atoms with van der Waals surface area (Å²) in [6.45, 7) is 0.382. The number of aromatic hydroxyl groups is 1. The molecule has 3 nitrogen and oxygen atoms in total. The highest BCUT2D eigenvalue weighted by molar-refractivity contribution is 6.37. The first kappa shape index (κ1) is 21.6. The van der Waals surface area contributed by atoms with Crippen LogP contribution in [0.5, 0.6) is 11.5 Å². The lowest BCUT2D eigenvalue weighted by Gasteiger charge is -2.17. The zero-order valence-electron chi connectivity index (χ0n) is 16.1. The Morgan fingerprint density at radius 2 is 1.58 bits per heavy atom. The normalized spacial score (nSPS) is 11.0. The minimum atomic E-state index is -0.415. The van der Waals surface area contributed by atoms with E-state index in [1.807, 2.05) is 36.4 Å². The fourth-order valence-electron chi connectivity index (χ4n) is 3.31. The van der Waals surface area contributed by atoms with Crippen molar-refractivity contribution >= 4 is 51.3 Å². The number of phenolic OH excluding ortho intramolecular Hbond substituents is 1. The molecular weight excluding hydrogens is 460 g/mol. The van der Waals surface area contributed by atoms with Crippen LogP contribution in [0.15, 0.2) is 66.7 Å². The van der Waals surface area contributed by atoms with E-state index in [0.717, 1.165) is 16.3 Å². The van der Waals surface area contributed by atoms with E-state index < -0.39 is 5.82 Å². The molecule has 0 heterocycles. The van der Waals surface area contributed by atoms with Gasteiger partial charge in [-0.25, -0.2) is 4.39 Å². The van der Waals surface area contributed by atoms with E-state index in [0.29, 0.717) is 28.6 Å². The van der Waals surface area contributed by atoms with Crippen LogP contribution in [0.4, 0.5) is 10.1 Å². The summed E-state index contributed by atoms with van der Waals surface area (Å²) in [5, 5.41) is 15.7. The molecule has 0 amide bonds. The summed E-state index contributed by atoms with van der Waals surface area (Å²) < 4.78 is 20.2. The number of benzene rings is 4. The molecule has 0 aliphatic heterocycles. The van der Waals surface area contributed by atoms with Gasteiger partial charge in [-0.1, -0.05) is 71.2 Å². The quantitative estimate of drug-likeness (QED) is 0.279. The lowest BCUT2D eigenvalue weighted by molar-refractivity contribution is 0.297. The number of nitrogens with one attached hydrogen (secondary N) is 1. The summed E-state index contributed by atoms with van der Waals surface area (Å²) in [5.74, 6) is 0.0210. The van der Waals surface area contributed by atoms with Crippen molar-refractivity contribution in [3.8, 4) is 11.5 Å². The number of rotatable bonds is 6. The molecule has 0 saturated carbocycles. The largest absolute Gasteiger partial charge is 0.505 e. The van der Waals surface area contributed by atoms with Crippen LogP contribution in [0.1, 0.15) is 11.1 Å². The summed E-state index contributed by atoms with van der Waals surface area (Å²) in [6.07, 6.45) is 0. The first-order chi connectivity index (χ1) is 14.9. The SMILES string of the molecule is Oc1c(Cl)cc(NCc2c(OCc3c(F)cccc3Cl)ccc3ccccc23)cc1Cl. The number of phenols is 1. The number of hydrogen-bond donors (Lipinski definition) is 2. The molecule has 0 aliphatic rings. The third-order valence-corrected chi connectivity index (χ3v) is 5.85. The molecule has 0 spiro atoms. The van der Waals surface area contributed by atoms with Crippen molar-refractivity contribution in [1.29, 1.82) is 0 Å². The highest BCUT2D eigenvalue weighted by Crippen LogP contribution is 2.36. The molecule has 0 aromatic heterocycles. The number of anilines is 1. The maximum absolute atomic E-state index is 14.2. The maximum Gasteiger partial charge on any atom is 0.152 e. The van der Waals surface area contributed by atoms with Crippen molar-refractivity contribution in [2.24, 2.45) is 0 Å². The Morgan fingerprint density at radius 3 is 2.32 bits per heavy atom. The average Bonchev–Trinajstić information content (AvgIpc) is 2.76. The Bertz CT molecular complexity index is 1220. The van der Waals surface area contributed by atoms with Gasteiger partial charge >= 0.3 is 0 Å². The van der Waals surface area contributed by atoms with Crippen molar-refractivity contribution in [3.63, 3.8) is 0 Å². The van der Waals surface area contributed by atoms with Gasteiger partial charge in [-0.15, -0.1) is 0 Å². The molecular formula is C24H17Cl3FNO2. The molecule has 0 atom stereocenters. The second-order valence-corrected chi connectivity index (χ2v) is 8.12. The lowest BCUT2D eigenvalue weighted by Crippen LogP contribution is -2.06. The van der Waals surface area contributed by atoms with Crippen molar-refractivity contribution in [2.45, 2.75) is 13.2 Å². The standard InChI is InChI=1S/C24H17Cl3FNO2/c25-19-6-3-7-22(28)18(19)13-31-23-9-8-14-4-1-2-5-16(14)17(23)12-29-15-10-20(26)24(30)21(27)11-15/h1-11,29-30H,12-13H2. The molecule has 4 aromatic rings. The van der Waals surface area contributed by atoms with E-state index in [4.69, 9.17) is 39.5 Å². The van der Waals surface area contributed by atoms with Crippen LogP contribution in [0.3, 0.4) is 0 Å². The molecule has 0 unspecified atom stereocenters. The third-order valence-electron chi connectivity index (χ3n) is 4.92. The number of hydrogen-bond acceptors (Lipinski definition) is 3. The molecule has 0 saturated heterocycles. The number of fused-ring (bicyclic) bond motifs is 1. The molecule has 7 heteroatoms. The predicted molar refractivity (Wildman–Crippen MR) is 125 cm³/mol. The fourth-order valence-corrected chi connectivity index (χ4v) is 4.02. The van der Waals surface area contributed by atoms with E-state index in [2.05, 4.69) is 5.32 Å². The highest BCUT2D eigenvalue weighted by Gasteiger charge is 2.13. The first-order valence-electron chi connectivity index (χ1n) is 9.42. The second-order valence-electron chi connectivity index (χ2n) is 6.89. The van der Waals surface area contributed by atoms with Crippen LogP contribution in [-0.2, 0) is 13.2 Å². The predicted octanol–water partition coefficient (Wildman–Crippen LogP) is 7.84. The molecule has 31 heavy (non-hydrogen) atoms. The van der Waals surface area contributed by atoms with Crippen LogP contribution in [0, 0.1) is 5.82 Å². The Balaban J connectivity index is 1.66. The molecule has 0 aliphatic carbocycles. The third kappa shape index (κ3) is 4.67. The van der Waals surface area contributed by atoms with E-state index in [1.54, 1.807) is 24.3 Å². The van der Waals surface area contributed by atoms with Crippen LogP contribution >= 0.6 is 34.8 Å². The van der Waals surface area contributed by atoms with Gasteiger partial charge in [0, 0.05) is 23.4 Å². The van der Waals surface area contributed by atoms with Gasteiger partial charge in [0.05, 0.1) is 15.1 Å². The topological polar surface area (TPSA) is 41.5 Å². The Hall–Kier alpha value is -2.66. The second kappa shape index (κ2) is 9.23. The summed E-state index contributed by atoms with van der Waals surface area (Å²) in [4.78, 5) is 0. The Morgan fingerprint density at radius 1 is 0.839 bits per heavy atom. The maximum atomic E-state index is 14.2. The minimum Gasteiger partial charge on any atom is -0.505 e. The zero-order valence-corrected chi connectivity index (χ0v) is 18.4. The fraction of sp³-hybridized carbons (Fsp3) is 0.0833. The Labute approximate surface area is 193 Å². The molecule has 0 radical (unpaired) electrons. The molecule has 4 rings (SSSR count). The molecule has 2 N–H and O–H groups in total. The lowest BCUT2D eigenvalue weighted by atomic mass is 10.0. The van der Waals surface area contributed by atoms with Crippen molar-refractivity contribution in [1.82, 2.24) is 0 Å². The summed E-state index contributed by atoms with van der Waals surface area (Å²) in [7, 11) is 0. The summed E-state index contributed by atoms with van der Waals surface area (Å²) in [6, 6.07) is 19.4. The van der Waals surface area contributed by atoms with Crippen LogP contribution < -0.4 is 10.1 Å².